The molecule has 3 aromatic rings. The van der Waals surface area contributed by atoms with Gasteiger partial charge in [0.2, 0.25) is 10.9 Å². The number of ether oxygens (including phenoxy) is 1. The second-order valence-corrected chi connectivity index (χ2v) is 8.13. The maximum atomic E-state index is 12.9. The van der Waals surface area contributed by atoms with E-state index in [0.29, 0.717) is 28.7 Å². The van der Waals surface area contributed by atoms with Crippen LogP contribution in [0.2, 0.25) is 0 Å². The SMILES string of the molecule is COc1ccc(NC(=O)c2nnc(CSCC(=O)NCc3ccc(F)cc3)s2)cc1. The fourth-order valence-electron chi connectivity index (χ4n) is 2.35. The Balaban J connectivity index is 1.40. The van der Waals surface area contributed by atoms with Crippen molar-refractivity contribution in [3.05, 3.63) is 69.9 Å². The molecule has 3 rings (SSSR count). The molecular weight excluding hydrogens is 427 g/mol. The molecule has 2 N–H and O–H groups in total. The zero-order chi connectivity index (χ0) is 21.3. The molecule has 0 radical (unpaired) electrons. The highest BCUT2D eigenvalue weighted by atomic mass is 32.2. The van der Waals surface area contributed by atoms with Gasteiger partial charge in [0.25, 0.3) is 5.91 Å². The first-order valence-electron chi connectivity index (χ1n) is 8.90. The average Bonchev–Trinajstić information content (AvgIpc) is 3.23. The number of halogens is 1. The lowest BCUT2D eigenvalue weighted by molar-refractivity contribution is -0.118. The summed E-state index contributed by atoms with van der Waals surface area (Å²) >= 11 is 2.56. The topological polar surface area (TPSA) is 93.2 Å². The van der Waals surface area contributed by atoms with E-state index < -0.39 is 0 Å². The van der Waals surface area contributed by atoms with Crippen molar-refractivity contribution in [2.75, 3.05) is 18.2 Å². The van der Waals surface area contributed by atoms with Crippen molar-refractivity contribution in [1.82, 2.24) is 15.5 Å². The number of aromatic nitrogens is 2. The average molecular weight is 447 g/mol. The van der Waals surface area contributed by atoms with Crippen LogP contribution in [0, 0.1) is 5.82 Å². The number of nitrogens with one attached hydrogen (secondary N) is 2. The van der Waals surface area contributed by atoms with Crippen molar-refractivity contribution in [1.29, 1.82) is 0 Å². The second-order valence-electron chi connectivity index (χ2n) is 6.08. The first-order valence-corrected chi connectivity index (χ1v) is 10.9. The predicted molar refractivity (Wildman–Crippen MR) is 115 cm³/mol. The Labute approximate surface area is 181 Å². The zero-order valence-electron chi connectivity index (χ0n) is 16.1. The number of thioether (sulfide) groups is 1. The highest BCUT2D eigenvalue weighted by Crippen LogP contribution is 2.19. The fourth-order valence-corrected chi connectivity index (χ4v) is 3.99. The Morgan fingerprint density at radius 3 is 2.53 bits per heavy atom. The van der Waals surface area contributed by atoms with Gasteiger partial charge in [0, 0.05) is 18.0 Å². The van der Waals surface area contributed by atoms with Crippen LogP contribution in [0.1, 0.15) is 20.4 Å². The van der Waals surface area contributed by atoms with Crippen molar-refractivity contribution in [3.8, 4) is 5.75 Å². The molecule has 1 heterocycles. The summed E-state index contributed by atoms with van der Waals surface area (Å²) in [4.78, 5) is 24.2. The lowest BCUT2D eigenvalue weighted by atomic mass is 10.2. The van der Waals surface area contributed by atoms with Crippen LogP contribution in [0.25, 0.3) is 0 Å². The number of rotatable bonds is 9. The van der Waals surface area contributed by atoms with Crippen LogP contribution in [0.4, 0.5) is 10.1 Å². The van der Waals surface area contributed by atoms with Gasteiger partial charge in [-0.1, -0.05) is 23.5 Å². The molecule has 0 bridgehead atoms. The molecular formula is C20H19FN4O3S2. The van der Waals surface area contributed by atoms with E-state index in [0.717, 1.165) is 5.56 Å². The molecule has 0 saturated heterocycles. The lowest BCUT2D eigenvalue weighted by Crippen LogP contribution is -2.24. The van der Waals surface area contributed by atoms with Gasteiger partial charge in [0.15, 0.2) is 0 Å². The number of carbonyl (C=O) groups excluding carboxylic acids is 2. The molecule has 0 aliphatic rings. The first-order chi connectivity index (χ1) is 14.5. The molecule has 7 nitrogen and oxygen atoms in total. The van der Waals surface area contributed by atoms with Crippen molar-refractivity contribution >= 4 is 40.6 Å². The third kappa shape index (κ3) is 6.53. The summed E-state index contributed by atoms with van der Waals surface area (Å²) in [5.74, 6) is 0.628. The quantitative estimate of drug-likeness (QED) is 0.523. The number of nitrogens with zero attached hydrogens (tertiary/aromatic N) is 2. The van der Waals surface area contributed by atoms with Crippen molar-refractivity contribution < 1.29 is 18.7 Å². The number of carbonyl (C=O) groups is 2. The van der Waals surface area contributed by atoms with E-state index >= 15 is 0 Å². The summed E-state index contributed by atoms with van der Waals surface area (Å²) in [5, 5.41) is 14.4. The van der Waals surface area contributed by atoms with Gasteiger partial charge < -0.3 is 15.4 Å². The second kappa shape index (κ2) is 10.7. The Bertz CT molecular complexity index is 994. The molecule has 0 fully saturated rings. The first kappa shape index (κ1) is 21.7. The van der Waals surface area contributed by atoms with Gasteiger partial charge in [-0.25, -0.2) is 4.39 Å². The Morgan fingerprint density at radius 1 is 1.10 bits per heavy atom. The Morgan fingerprint density at radius 2 is 1.83 bits per heavy atom. The van der Waals surface area contributed by atoms with Crippen molar-refractivity contribution in [2.45, 2.75) is 12.3 Å². The normalized spacial score (nSPS) is 10.5. The summed E-state index contributed by atoms with van der Waals surface area (Å²) in [6.45, 7) is 0.341. The molecule has 30 heavy (non-hydrogen) atoms. The van der Waals surface area contributed by atoms with Crippen LogP contribution in [0.3, 0.4) is 0 Å². The number of amides is 2. The minimum Gasteiger partial charge on any atom is -0.497 e. The van der Waals surface area contributed by atoms with Crippen LogP contribution < -0.4 is 15.4 Å². The van der Waals surface area contributed by atoms with Crippen molar-refractivity contribution in [2.24, 2.45) is 0 Å². The van der Waals surface area contributed by atoms with Gasteiger partial charge in [-0.15, -0.1) is 22.0 Å². The van der Waals surface area contributed by atoms with Crippen molar-refractivity contribution in [3.63, 3.8) is 0 Å². The molecule has 0 aliphatic carbocycles. The van der Waals surface area contributed by atoms with Gasteiger partial charge in [0.05, 0.1) is 12.9 Å². The predicted octanol–water partition coefficient (Wildman–Crippen LogP) is 3.49. The van der Waals surface area contributed by atoms with E-state index in [4.69, 9.17) is 4.74 Å². The Hall–Kier alpha value is -2.98. The monoisotopic (exact) mass is 446 g/mol. The highest BCUT2D eigenvalue weighted by molar-refractivity contribution is 7.99. The summed E-state index contributed by atoms with van der Waals surface area (Å²) in [6.07, 6.45) is 0. The maximum Gasteiger partial charge on any atom is 0.286 e. The van der Waals surface area contributed by atoms with E-state index in [2.05, 4.69) is 20.8 Å². The third-order valence-corrected chi connectivity index (χ3v) is 5.92. The molecule has 2 aromatic carbocycles. The van der Waals surface area contributed by atoms with Crippen LogP contribution in [-0.2, 0) is 17.1 Å². The summed E-state index contributed by atoms with van der Waals surface area (Å²) in [6, 6.07) is 12.9. The standard InChI is InChI=1S/C20H19FN4O3S2/c1-28-16-8-6-15(7-9-16)23-19(27)20-25-24-18(30-20)12-29-11-17(26)22-10-13-2-4-14(21)5-3-13/h2-9H,10-12H2,1H3,(H,22,26)(H,23,27). The fraction of sp³-hybridized carbons (Fsp3) is 0.200. The van der Waals surface area contributed by atoms with Gasteiger partial charge in [-0.2, -0.15) is 0 Å². The molecule has 156 valence electrons. The van der Waals surface area contributed by atoms with Crippen LogP contribution in [-0.4, -0.2) is 34.9 Å². The van der Waals surface area contributed by atoms with Crippen LogP contribution >= 0.6 is 23.1 Å². The molecule has 0 atom stereocenters. The van der Waals surface area contributed by atoms with E-state index in [9.17, 15) is 14.0 Å². The molecule has 0 saturated carbocycles. The summed E-state index contributed by atoms with van der Waals surface area (Å²) < 4.78 is 18.0. The number of hydrogen-bond donors (Lipinski definition) is 2. The third-order valence-electron chi connectivity index (χ3n) is 3.87. The summed E-state index contributed by atoms with van der Waals surface area (Å²) in [5.41, 5.74) is 1.45. The van der Waals surface area contributed by atoms with Crippen LogP contribution in [0.5, 0.6) is 5.75 Å². The number of anilines is 1. The van der Waals surface area contributed by atoms with E-state index in [1.165, 1.54) is 35.2 Å². The number of hydrogen-bond acceptors (Lipinski definition) is 7. The molecule has 1 aromatic heterocycles. The van der Waals surface area contributed by atoms with Gasteiger partial charge in [-0.3, -0.25) is 9.59 Å². The van der Waals surface area contributed by atoms with E-state index in [1.54, 1.807) is 43.5 Å². The van der Waals surface area contributed by atoms with E-state index in [-0.39, 0.29) is 28.4 Å². The largest absolute Gasteiger partial charge is 0.497 e. The molecule has 10 heteroatoms. The number of benzene rings is 2. The minimum absolute atomic E-state index is 0.133. The molecule has 0 unspecified atom stereocenters. The molecule has 0 spiro atoms. The van der Waals surface area contributed by atoms with Gasteiger partial charge in [0.1, 0.15) is 16.6 Å². The van der Waals surface area contributed by atoms with E-state index in [1.807, 2.05) is 0 Å². The van der Waals surface area contributed by atoms with Gasteiger partial charge >= 0.3 is 0 Å². The Kier molecular flexibility index (Phi) is 7.75. The lowest BCUT2D eigenvalue weighted by Gasteiger charge is -2.04. The van der Waals surface area contributed by atoms with Gasteiger partial charge in [-0.05, 0) is 42.0 Å². The molecule has 2 amide bonds. The molecule has 0 aliphatic heterocycles. The number of methoxy groups -OCH3 is 1. The zero-order valence-corrected chi connectivity index (χ0v) is 17.7. The summed E-state index contributed by atoms with van der Waals surface area (Å²) in [7, 11) is 1.57. The maximum absolute atomic E-state index is 12.9. The minimum atomic E-state index is -0.342. The van der Waals surface area contributed by atoms with Crippen LogP contribution in [0.15, 0.2) is 48.5 Å². The highest BCUT2D eigenvalue weighted by Gasteiger charge is 2.13. The smallest absolute Gasteiger partial charge is 0.286 e.